The summed E-state index contributed by atoms with van der Waals surface area (Å²) in [5.41, 5.74) is 0.628. The van der Waals surface area contributed by atoms with Gasteiger partial charge in [0.25, 0.3) is 11.8 Å². The van der Waals surface area contributed by atoms with E-state index in [2.05, 4.69) is 20.2 Å². The number of hydrogen-bond donors (Lipinski definition) is 2. The molecule has 11 heteroatoms. The van der Waals surface area contributed by atoms with Crippen LogP contribution in [-0.4, -0.2) is 34.1 Å². The molecule has 1 unspecified atom stereocenters. The lowest BCUT2D eigenvalue weighted by molar-refractivity contribution is -0.274. The van der Waals surface area contributed by atoms with Gasteiger partial charge in [0, 0.05) is 16.1 Å². The van der Waals surface area contributed by atoms with Gasteiger partial charge < -0.3 is 19.7 Å². The van der Waals surface area contributed by atoms with E-state index in [1.54, 1.807) is 18.2 Å². The predicted octanol–water partition coefficient (Wildman–Crippen LogP) is 3.75. The first-order valence-corrected chi connectivity index (χ1v) is 8.50. The summed E-state index contributed by atoms with van der Waals surface area (Å²) >= 11 is 5.85. The summed E-state index contributed by atoms with van der Waals surface area (Å²) in [5.74, 6) is -0.922. The SMILES string of the molecule is O=C(NC(CO)c1nc(-c2ccc(OC(F)(F)F)cc2)no1)c1cccc(Cl)c1. The zero-order valence-corrected chi connectivity index (χ0v) is 15.2. The molecule has 0 fully saturated rings. The number of alkyl halides is 3. The number of aliphatic hydroxyl groups is 1. The molecular formula is C18H13ClF3N3O4. The molecule has 1 atom stereocenters. The highest BCUT2D eigenvalue weighted by Gasteiger charge is 2.31. The summed E-state index contributed by atoms with van der Waals surface area (Å²) in [5, 5.41) is 16.2. The number of nitrogens with one attached hydrogen (secondary N) is 1. The van der Waals surface area contributed by atoms with Gasteiger partial charge in [0.15, 0.2) is 0 Å². The lowest BCUT2D eigenvalue weighted by Crippen LogP contribution is -2.31. The van der Waals surface area contributed by atoms with Gasteiger partial charge in [0.1, 0.15) is 11.8 Å². The summed E-state index contributed by atoms with van der Waals surface area (Å²) in [4.78, 5) is 16.4. The number of benzene rings is 2. The van der Waals surface area contributed by atoms with Gasteiger partial charge in [-0.2, -0.15) is 4.98 Å². The summed E-state index contributed by atoms with van der Waals surface area (Å²) < 4.78 is 45.5. The standard InChI is InChI=1S/C18H13ClF3N3O4/c19-12-3-1-2-11(8-12)16(27)23-14(9-26)17-24-15(25-29-17)10-4-6-13(7-5-10)28-18(20,21)22/h1-8,14,26H,9H2,(H,23,27). The van der Waals surface area contributed by atoms with Gasteiger partial charge in [-0.15, -0.1) is 13.2 Å². The fourth-order valence-corrected chi connectivity index (χ4v) is 2.55. The summed E-state index contributed by atoms with van der Waals surface area (Å²) in [6.45, 7) is -0.522. The van der Waals surface area contributed by atoms with Crippen molar-refractivity contribution in [3.8, 4) is 17.1 Å². The van der Waals surface area contributed by atoms with Crippen molar-refractivity contribution in [3.63, 3.8) is 0 Å². The topological polar surface area (TPSA) is 97.5 Å². The van der Waals surface area contributed by atoms with E-state index in [0.29, 0.717) is 10.6 Å². The van der Waals surface area contributed by atoms with Crippen molar-refractivity contribution in [3.05, 3.63) is 65.0 Å². The van der Waals surface area contributed by atoms with Crippen molar-refractivity contribution >= 4 is 17.5 Å². The van der Waals surface area contributed by atoms with Crippen LogP contribution in [0.2, 0.25) is 5.02 Å². The Kier molecular flexibility index (Phi) is 6.04. The quantitative estimate of drug-likeness (QED) is 0.621. The lowest BCUT2D eigenvalue weighted by Gasteiger charge is -2.12. The monoisotopic (exact) mass is 427 g/mol. The third-order valence-corrected chi connectivity index (χ3v) is 3.90. The smallest absolute Gasteiger partial charge is 0.406 e. The fraction of sp³-hybridized carbons (Fsp3) is 0.167. The average molecular weight is 428 g/mol. The first-order valence-electron chi connectivity index (χ1n) is 8.12. The zero-order chi connectivity index (χ0) is 21.0. The third-order valence-electron chi connectivity index (χ3n) is 3.66. The first-order chi connectivity index (χ1) is 13.7. The molecule has 7 nitrogen and oxygen atoms in total. The normalized spacial score (nSPS) is 12.4. The van der Waals surface area contributed by atoms with E-state index >= 15 is 0 Å². The molecule has 0 radical (unpaired) electrons. The fourth-order valence-electron chi connectivity index (χ4n) is 2.36. The molecular weight excluding hydrogens is 415 g/mol. The van der Waals surface area contributed by atoms with Crippen molar-refractivity contribution in [2.45, 2.75) is 12.4 Å². The molecule has 2 N–H and O–H groups in total. The number of carbonyl (C=O) groups is 1. The second-order valence-electron chi connectivity index (χ2n) is 5.75. The lowest BCUT2D eigenvalue weighted by atomic mass is 10.2. The van der Waals surface area contributed by atoms with Gasteiger partial charge in [-0.25, -0.2) is 0 Å². The Labute approximate surface area is 167 Å². The average Bonchev–Trinajstić information content (AvgIpc) is 3.15. The Morgan fingerprint density at radius 3 is 2.59 bits per heavy atom. The van der Waals surface area contributed by atoms with Gasteiger partial charge in [-0.3, -0.25) is 4.79 Å². The maximum Gasteiger partial charge on any atom is 0.573 e. The number of aliphatic hydroxyl groups excluding tert-OH is 1. The van der Waals surface area contributed by atoms with E-state index in [1.165, 1.54) is 18.2 Å². The van der Waals surface area contributed by atoms with Gasteiger partial charge in [0.2, 0.25) is 5.82 Å². The highest BCUT2D eigenvalue weighted by Crippen LogP contribution is 2.26. The van der Waals surface area contributed by atoms with Gasteiger partial charge in [-0.1, -0.05) is 22.8 Å². The van der Waals surface area contributed by atoms with Crippen LogP contribution in [0.3, 0.4) is 0 Å². The molecule has 1 aromatic heterocycles. The van der Waals surface area contributed by atoms with Crippen LogP contribution in [0.15, 0.2) is 53.1 Å². The van der Waals surface area contributed by atoms with E-state index in [0.717, 1.165) is 12.1 Å². The van der Waals surface area contributed by atoms with Crippen LogP contribution >= 0.6 is 11.6 Å². The maximum atomic E-state index is 12.3. The maximum absolute atomic E-state index is 12.3. The van der Waals surface area contributed by atoms with Crippen molar-refractivity contribution < 1.29 is 32.3 Å². The number of aromatic nitrogens is 2. The number of halogens is 4. The van der Waals surface area contributed by atoms with E-state index in [1.807, 2.05) is 0 Å². The Hall–Kier alpha value is -3.11. The van der Waals surface area contributed by atoms with E-state index in [4.69, 9.17) is 16.1 Å². The van der Waals surface area contributed by atoms with Crippen LogP contribution in [0.1, 0.15) is 22.3 Å². The zero-order valence-electron chi connectivity index (χ0n) is 14.5. The summed E-state index contributed by atoms with van der Waals surface area (Å²) in [6.07, 6.45) is -4.80. The van der Waals surface area contributed by atoms with Crippen LogP contribution in [0, 0.1) is 0 Å². The first kappa shape index (κ1) is 20.6. The minimum Gasteiger partial charge on any atom is -0.406 e. The molecule has 152 valence electrons. The Morgan fingerprint density at radius 1 is 1.24 bits per heavy atom. The summed E-state index contributed by atoms with van der Waals surface area (Å²) in [6, 6.07) is 10.0. The number of ether oxygens (including phenoxy) is 1. The van der Waals surface area contributed by atoms with Crippen molar-refractivity contribution in [1.29, 1.82) is 0 Å². The Morgan fingerprint density at radius 2 is 1.97 bits per heavy atom. The number of amides is 1. The molecule has 0 bridgehead atoms. The molecule has 3 rings (SSSR count). The molecule has 0 saturated carbocycles. The van der Waals surface area contributed by atoms with Crippen LogP contribution in [0.25, 0.3) is 11.4 Å². The van der Waals surface area contributed by atoms with Gasteiger partial charge in [0.05, 0.1) is 6.61 Å². The number of nitrogens with zero attached hydrogens (tertiary/aromatic N) is 2. The predicted molar refractivity (Wildman–Crippen MR) is 95.2 cm³/mol. The molecule has 2 aromatic carbocycles. The van der Waals surface area contributed by atoms with Crippen molar-refractivity contribution in [2.75, 3.05) is 6.61 Å². The van der Waals surface area contributed by atoms with Crippen LogP contribution in [0.5, 0.6) is 5.75 Å². The third kappa shape index (κ3) is 5.46. The highest BCUT2D eigenvalue weighted by atomic mass is 35.5. The van der Waals surface area contributed by atoms with Crippen molar-refractivity contribution in [2.24, 2.45) is 0 Å². The Bertz CT molecular complexity index is 993. The van der Waals surface area contributed by atoms with Crippen LogP contribution < -0.4 is 10.1 Å². The molecule has 0 aliphatic heterocycles. The molecule has 1 amide bonds. The largest absolute Gasteiger partial charge is 0.573 e. The molecule has 0 aliphatic carbocycles. The Balaban J connectivity index is 1.72. The van der Waals surface area contributed by atoms with Crippen LogP contribution in [0.4, 0.5) is 13.2 Å². The minimum atomic E-state index is -4.80. The van der Waals surface area contributed by atoms with Crippen LogP contribution in [-0.2, 0) is 0 Å². The molecule has 3 aromatic rings. The van der Waals surface area contributed by atoms with E-state index in [-0.39, 0.29) is 17.3 Å². The minimum absolute atomic E-state index is 0.0639. The van der Waals surface area contributed by atoms with E-state index < -0.39 is 30.7 Å². The van der Waals surface area contributed by atoms with Gasteiger partial charge >= 0.3 is 6.36 Å². The molecule has 1 heterocycles. The second-order valence-corrected chi connectivity index (χ2v) is 6.18. The second kappa shape index (κ2) is 8.50. The molecule has 0 spiro atoms. The molecule has 0 saturated heterocycles. The highest BCUT2D eigenvalue weighted by molar-refractivity contribution is 6.30. The summed E-state index contributed by atoms with van der Waals surface area (Å²) in [7, 11) is 0. The number of hydrogen-bond acceptors (Lipinski definition) is 6. The van der Waals surface area contributed by atoms with E-state index in [9.17, 15) is 23.1 Å². The van der Waals surface area contributed by atoms with Gasteiger partial charge in [-0.05, 0) is 42.5 Å². The molecule has 29 heavy (non-hydrogen) atoms. The number of carbonyl (C=O) groups excluding carboxylic acids is 1. The van der Waals surface area contributed by atoms with Crippen molar-refractivity contribution in [1.82, 2.24) is 15.5 Å². The number of rotatable bonds is 6. The molecule has 0 aliphatic rings.